The van der Waals surface area contributed by atoms with Crippen molar-refractivity contribution in [2.24, 2.45) is 0 Å². The van der Waals surface area contributed by atoms with Gasteiger partial charge < -0.3 is 9.47 Å². The number of alkyl carbamates (subject to hydrolysis) is 1. The minimum absolute atomic E-state index is 0.00583. The maximum atomic E-state index is 11.0. The number of amides is 1. The Hall–Kier alpha value is -1.04. The molecule has 0 spiro atoms. The molecule has 0 aliphatic rings. The van der Waals surface area contributed by atoms with E-state index in [1.807, 2.05) is 0 Å². The summed E-state index contributed by atoms with van der Waals surface area (Å²) in [4.78, 5) is 23.0. The van der Waals surface area contributed by atoms with Gasteiger partial charge in [0, 0.05) is 4.99 Å². The van der Waals surface area contributed by atoms with E-state index in [0.29, 0.717) is 0 Å². The van der Waals surface area contributed by atoms with Crippen molar-refractivity contribution in [3.63, 3.8) is 0 Å². The highest BCUT2D eigenvalue weighted by atomic mass is 79.9. The molecule has 0 fully saturated rings. The van der Waals surface area contributed by atoms with E-state index in [1.54, 1.807) is 6.92 Å². The molecule has 6 heteroatoms. The van der Waals surface area contributed by atoms with Crippen molar-refractivity contribution in [1.82, 2.24) is 5.32 Å². The van der Waals surface area contributed by atoms with E-state index >= 15 is 0 Å². The first-order valence-corrected chi connectivity index (χ1v) is 4.39. The molecule has 0 saturated carbocycles. The molecule has 0 atom stereocenters. The van der Waals surface area contributed by atoms with Crippen molar-refractivity contribution < 1.29 is 19.1 Å². The molecule has 0 rings (SSSR count). The average molecular weight is 252 g/mol. The zero-order chi connectivity index (χ0) is 10.3. The Balaban J connectivity index is 4.20. The molecule has 0 saturated heterocycles. The fourth-order valence-corrected chi connectivity index (χ4v) is 0.794. The van der Waals surface area contributed by atoms with E-state index in [-0.39, 0.29) is 12.3 Å². The summed E-state index contributed by atoms with van der Waals surface area (Å²) in [6, 6.07) is 0. The number of methoxy groups -OCH3 is 1. The molecular formula is C7H10BrNO4. The molecular weight excluding hydrogens is 242 g/mol. The Morgan fingerprint density at radius 2 is 2.15 bits per heavy atom. The summed E-state index contributed by atoms with van der Waals surface area (Å²) in [7, 11) is 1.20. The molecule has 5 nitrogen and oxygen atoms in total. The molecule has 0 unspecified atom stereocenters. The summed E-state index contributed by atoms with van der Waals surface area (Å²) in [5.74, 6) is -0.621. The highest BCUT2D eigenvalue weighted by molar-refractivity contribution is 9.11. The lowest BCUT2D eigenvalue weighted by molar-refractivity contribution is -0.138. The third-order valence-electron chi connectivity index (χ3n) is 1.03. The number of hydrogen-bond donors (Lipinski definition) is 1. The lowest BCUT2D eigenvalue weighted by Crippen LogP contribution is -2.28. The quantitative estimate of drug-likeness (QED) is 0.604. The van der Waals surface area contributed by atoms with Crippen molar-refractivity contribution in [2.75, 3.05) is 13.7 Å². The van der Waals surface area contributed by atoms with Gasteiger partial charge in [0.25, 0.3) is 0 Å². The Labute approximate surface area is 84.2 Å². The fourth-order valence-electron chi connectivity index (χ4n) is 0.493. The predicted octanol–water partition coefficient (Wildman–Crippen LogP) is 1.14. The Morgan fingerprint density at radius 3 is 2.54 bits per heavy atom. The number of hydrogen-bond acceptors (Lipinski definition) is 4. The summed E-state index contributed by atoms with van der Waals surface area (Å²) in [6.45, 7) is 1.91. The first-order valence-electron chi connectivity index (χ1n) is 3.48. The number of nitrogens with one attached hydrogen (secondary N) is 1. The van der Waals surface area contributed by atoms with Gasteiger partial charge in [0.1, 0.15) is 5.70 Å². The maximum Gasteiger partial charge on any atom is 0.411 e. The third kappa shape index (κ3) is 4.51. The van der Waals surface area contributed by atoms with Crippen molar-refractivity contribution in [3.05, 3.63) is 10.7 Å². The molecule has 0 bridgehead atoms. The first kappa shape index (κ1) is 12.0. The van der Waals surface area contributed by atoms with Crippen LogP contribution in [0.2, 0.25) is 0 Å². The normalized spacial score (nSPS) is 10.5. The van der Waals surface area contributed by atoms with Gasteiger partial charge in [-0.2, -0.15) is 0 Å². The largest absolute Gasteiger partial charge is 0.461 e. The van der Waals surface area contributed by atoms with Crippen molar-refractivity contribution in [1.29, 1.82) is 0 Å². The summed E-state index contributed by atoms with van der Waals surface area (Å²) >= 11 is 2.91. The molecule has 1 N–H and O–H groups in total. The van der Waals surface area contributed by atoms with Gasteiger partial charge in [-0.15, -0.1) is 0 Å². The highest BCUT2D eigenvalue weighted by Crippen LogP contribution is 1.98. The average Bonchev–Trinajstić information content (AvgIpc) is 2.14. The van der Waals surface area contributed by atoms with E-state index in [9.17, 15) is 9.59 Å². The van der Waals surface area contributed by atoms with E-state index in [2.05, 4.69) is 30.7 Å². The van der Waals surface area contributed by atoms with Crippen LogP contribution in [-0.2, 0) is 14.3 Å². The molecule has 0 aromatic heterocycles. The molecule has 0 radical (unpaired) electrons. The molecule has 13 heavy (non-hydrogen) atoms. The topological polar surface area (TPSA) is 64.6 Å². The zero-order valence-corrected chi connectivity index (χ0v) is 8.88. The highest BCUT2D eigenvalue weighted by Gasteiger charge is 2.12. The van der Waals surface area contributed by atoms with Gasteiger partial charge in [-0.1, -0.05) is 15.9 Å². The molecule has 1 amide bonds. The van der Waals surface area contributed by atoms with Gasteiger partial charge in [0.15, 0.2) is 0 Å². The summed E-state index contributed by atoms with van der Waals surface area (Å²) in [5, 5.41) is 2.18. The van der Waals surface area contributed by atoms with Gasteiger partial charge in [0.2, 0.25) is 0 Å². The Morgan fingerprint density at radius 1 is 1.54 bits per heavy atom. The van der Waals surface area contributed by atoms with Gasteiger partial charge in [-0.25, -0.2) is 9.59 Å². The molecule has 0 aliphatic carbocycles. The lowest BCUT2D eigenvalue weighted by Gasteiger charge is -2.06. The first-order chi connectivity index (χ1) is 6.15. The van der Waals surface area contributed by atoms with E-state index in [0.717, 1.165) is 0 Å². The smallest absolute Gasteiger partial charge is 0.411 e. The number of ether oxygens (including phenoxy) is 2. The molecule has 0 aliphatic heterocycles. The minimum atomic E-state index is -0.723. The SMILES string of the molecule is CCOC(=O)/C(=C/Br)NC(=O)OC. The number of carbonyl (C=O) groups is 2. The van der Waals surface area contributed by atoms with E-state index < -0.39 is 12.1 Å². The van der Waals surface area contributed by atoms with Crippen LogP contribution in [0.15, 0.2) is 10.7 Å². The van der Waals surface area contributed by atoms with Crippen LogP contribution in [0, 0.1) is 0 Å². The second-order valence-electron chi connectivity index (χ2n) is 1.86. The number of carbonyl (C=O) groups excluding carboxylic acids is 2. The summed E-state index contributed by atoms with van der Waals surface area (Å²) in [5.41, 5.74) is -0.00583. The van der Waals surface area contributed by atoms with Crippen LogP contribution in [0.4, 0.5) is 4.79 Å². The lowest BCUT2D eigenvalue weighted by atomic mass is 10.5. The van der Waals surface area contributed by atoms with Gasteiger partial charge >= 0.3 is 12.1 Å². The van der Waals surface area contributed by atoms with Crippen LogP contribution in [0.5, 0.6) is 0 Å². The monoisotopic (exact) mass is 251 g/mol. The van der Waals surface area contributed by atoms with Crippen LogP contribution in [0.25, 0.3) is 0 Å². The van der Waals surface area contributed by atoms with Crippen molar-refractivity contribution in [3.8, 4) is 0 Å². The Bertz CT molecular complexity index is 227. The number of esters is 1. The van der Waals surface area contributed by atoms with E-state index in [4.69, 9.17) is 0 Å². The molecule has 74 valence electrons. The van der Waals surface area contributed by atoms with Gasteiger partial charge in [0.05, 0.1) is 13.7 Å². The van der Waals surface area contributed by atoms with Crippen LogP contribution in [0.1, 0.15) is 6.92 Å². The molecule has 0 aromatic carbocycles. The number of rotatable bonds is 3. The van der Waals surface area contributed by atoms with Gasteiger partial charge in [-0.05, 0) is 6.92 Å². The van der Waals surface area contributed by atoms with E-state index in [1.165, 1.54) is 12.1 Å². The van der Waals surface area contributed by atoms with Crippen molar-refractivity contribution >= 4 is 28.0 Å². The van der Waals surface area contributed by atoms with Crippen LogP contribution in [0.3, 0.4) is 0 Å². The predicted molar refractivity (Wildman–Crippen MR) is 49.2 cm³/mol. The second-order valence-corrected chi connectivity index (χ2v) is 2.32. The third-order valence-corrected chi connectivity index (χ3v) is 1.48. The van der Waals surface area contributed by atoms with Gasteiger partial charge in [-0.3, -0.25) is 5.32 Å². The standard InChI is InChI=1S/C7H10BrNO4/c1-3-13-6(10)5(4-8)9-7(11)12-2/h4H,3H2,1-2H3,(H,9,11)/b5-4-. The van der Waals surface area contributed by atoms with Crippen molar-refractivity contribution in [2.45, 2.75) is 6.92 Å². The number of halogens is 1. The zero-order valence-electron chi connectivity index (χ0n) is 7.30. The Kier molecular flexibility index (Phi) is 5.96. The summed E-state index contributed by atoms with van der Waals surface area (Å²) in [6.07, 6.45) is -0.723. The second kappa shape index (κ2) is 6.47. The molecule has 0 aromatic rings. The van der Waals surface area contributed by atoms with Crippen LogP contribution >= 0.6 is 15.9 Å². The maximum absolute atomic E-state index is 11.0. The molecule has 0 heterocycles. The van der Waals surface area contributed by atoms with Crippen LogP contribution < -0.4 is 5.32 Å². The minimum Gasteiger partial charge on any atom is -0.461 e. The summed E-state index contributed by atoms with van der Waals surface area (Å²) < 4.78 is 8.92. The fraction of sp³-hybridized carbons (Fsp3) is 0.429. The van der Waals surface area contributed by atoms with Crippen LogP contribution in [-0.4, -0.2) is 25.8 Å².